The molecule has 6 heteroatoms. The van der Waals surface area contributed by atoms with Gasteiger partial charge in [-0.25, -0.2) is 0 Å². The van der Waals surface area contributed by atoms with Gasteiger partial charge in [0.1, 0.15) is 11.8 Å². The monoisotopic (exact) mass is 369 g/mol. The van der Waals surface area contributed by atoms with E-state index in [4.69, 9.17) is 9.47 Å². The topological polar surface area (TPSA) is 56.6 Å². The van der Waals surface area contributed by atoms with Crippen LogP contribution in [0.5, 0.6) is 5.75 Å². The summed E-state index contributed by atoms with van der Waals surface area (Å²) in [7, 11) is 1.66. The molecule has 1 saturated heterocycles. The molecule has 0 N–H and O–H groups in total. The number of aromatic nitrogens is 2. The fraction of sp³-hybridized carbons (Fsp3) is 0.524. The number of fused-ring (bicyclic) bond motifs is 1. The number of hydrogen-bond donors (Lipinski definition) is 0. The van der Waals surface area contributed by atoms with Crippen LogP contribution in [0.25, 0.3) is 0 Å². The van der Waals surface area contributed by atoms with Gasteiger partial charge in [-0.2, -0.15) is 5.10 Å². The summed E-state index contributed by atoms with van der Waals surface area (Å²) < 4.78 is 13.1. The Labute approximate surface area is 160 Å². The second-order valence-corrected chi connectivity index (χ2v) is 7.38. The van der Waals surface area contributed by atoms with Crippen LogP contribution in [0.1, 0.15) is 43.0 Å². The SMILES string of the molecule is COc1cccc(CN(CC2CCCO2)C(=O)C2CCCc3ccnn32)c1. The maximum Gasteiger partial charge on any atom is 0.247 e. The summed E-state index contributed by atoms with van der Waals surface area (Å²) in [6.45, 7) is 1.98. The highest BCUT2D eigenvalue weighted by atomic mass is 16.5. The first-order chi connectivity index (χ1) is 13.2. The van der Waals surface area contributed by atoms with Crippen LogP contribution in [0, 0.1) is 0 Å². The third-order valence-corrected chi connectivity index (χ3v) is 5.51. The molecule has 0 radical (unpaired) electrons. The van der Waals surface area contributed by atoms with E-state index in [0.29, 0.717) is 13.1 Å². The van der Waals surface area contributed by atoms with E-state index in [1.165, 1.54) is 0 Å². The molecule has 1 aromatic carbocycles. The number of hydrogen-bond acceptors (Lipinski definition) is 4. The van der Waals surface area contributed by atoms with Gasteiger partial charge in [-0.3, -0.25) is 9.48 Å². The number of benzene rings is 1. The van der Waals surface area contributed by atoms with Crippen LogP contribution in [0.2, 0.25) is 0 Å². The number of aryl methyl sites for hydroxylation is 1. The summed E-state index contributed by atoms with van der Waals surface area (Å²) in [5.41, 5.74) is 2.22. The first kappa shape index (κ1) is 18.0. The van der Waals surface area contributed by atoms with Crippen molar-refractivity contribution in [2.45, 2.75) is 50.8 Å². The first-order valence-electron chi connectivity index (χ1n) is 9.80. The minimum absolute atomic E-state index is 0.125. The Hall–Kier alpha value is -2.34. The van der Waals surface area contributed by atoms with Crippen molar-refractivity contribution in [1.29, 1.82) is 0 Å². The van der Waals surface area contributed by atoms with E-state index in [2.05, 4.69) is 5.10 Å². The Morgan fingerprint density at radius 2 is 2.26 bits per heavy atom. The maximum absolute atomic E-state index is 13.5. The average Bonchev–Trinajstić information content (AvgIpc) is 3.38. The summed E-state index contributed by atoms with van der Waals surface area (Å²) >= 11 is 0. The van der Waals surface area contributed by atoms with E-state index in [9.17, 15) is 4.79 Å². The number of carbonyl (C=O) groups excluding carboxylic acids is 1. The van der Waals surface area contributed by atoms with E-state index in [0.717, 1.165) is 55.7 Å². The Morgan fingerprint density at radius 3 is 3.07 bits per heavy atom. The van der Waals surface area contributed by atoms with Gasteiger partial charge in [-0.15, -0.1) is 0 Å². The zero-order valence-corrected chi connectivity index (χ0v) is 15.8. The third kappa shape index (κ3) is 4.00. The zero-order chi connectivity index (χ0) is 18.6. The minimum Gasteiger partial charge on any atom is -0.497 e. The lowest BCUT2D eigenvalue weighted by Gasteiger charge is -2.32. The van der Waals surface area contributed by atoms with Crippen LogP contribution in [-0.4, -0.2) is 47.0 Å². The van der Waals surface area contributed by atoms with Crippen molar-refractivity contribution in [2.75, 3.05) is 20.3 Å². The lowest BCUT2D eigenvalue weighted by Crippen LogP contribution is -2.42. The van der Waals surface area contributed by atoms with Crippen LogP contribution < -0.4 is 4.74 Å². The maximum atomic E-state index is 13.5. The number of ether oxygens (including phenoxy) is 2. The summed E-state index contributed by atoms with van der Waals surface area (Å²) in [6, 6.07) is 9.73. The van der Waals surface area contributed by atoms with Crippen LogP contribution in [-0.2, 0) is 22.5 Å². The largest absolute Gasteiger partial charge is 0.497 e. The third-order valence-electron chi connectivity index (χ3n) is 5.51. The Morgan fingerprint density at radius 1 is 1.33 bits per heavy atom. The van der Waals surface area contributed by atoms with Crippen molar-refractivity contribution in [1.82, 2.24) is 14.7 Å². The second kappa shape index (κ2) is 8.13. The molecule has 0 bridgehead atoms. The van der Waals surface area contributed by atoms with Gasteiger partial charge in [-0.05, 0) is 55.9 Å². The molecule has 3 heterocycles. The van der Waals surface area contributed by atoms with Crippen LogP contribution in [0.15, 0.2) is 36.5 Å². The van der Waals surface area contributed by atoms with Gasteiger partial charge in [0, 0.05) is 31.6 Å². The molecule has 144 valence electrons. The second-order valence-electron chi connectivity index (χ2n) is 7.38. The van der Waals surface area contributed by atoms with E-state index >= 15 is 0 Å². The minimum atomic E-state index is -0.212. The number of amides is 1. The van der Waals surface area contributed by atoms with Gasteiger partial charge in [0.2, 0.25) is 5.91 Å². The predicted octanol–water partition coefficient (Wildman–Crippen LogP) is 2.98. The molecule has 2 unspecified atom stereocenters. The molecule has 0 saturated carbocycles. The average molecular weight is 369 g/mol. The van der Waals surface area contributed by atoms with E-state index in [1.54, 1.807) is 13.3 Å². The van der Waals surface area contributed by atoms with Gasteiger partial charge in [-0.1, -0.05) is 12.1 Å². The molecule has 2 aliphatic heterocycles. The molecular weight excluding hydrogens is 342 g/mol. The lowest BCUT2D eigenvalue weighted by atomic mass is 10.0. The first-order valence-corrected chi connectivity index (χ1v) is 9.80. The van der Waals surface area contributed by atoms with Crippen LogP contribution in [0.4, 0.5) is 0 Å². The van der Waals surface area contributed by atoms with Crippen molar-refractivity contribution >= 4 is 5.91 Å². The molecule has 1 fully saturated rings. The molecular formula is C21H27N3O3. The predicted molar refractivity (Wildman–Crippen MR) is 102 cm³/mol. The summed E-state index contributed by atoms with van der Waals surface area (Å²) in [5.74, 6) is 0.946. The molecule has 27 heavy (non-hydrogen) atoms. The van der Waals surface area contributed by atoms with Crippen molar-refractivity contribution in [3.63, 3.8) is 0 Å². The quantitative estimate of drug-likeness (QED) is 0.786. The highest BCUT2D eigenvalue weighted by molar-refractivity contribution is 5.80. The van der Waals surface area contributed by atoms with E-state index < -0.39 is 0 Å². The smallest absolute Gasteiger partial charge is 0.247 e. The Bertz CT molecular complexity index is 782. The summed E-state index contributed by atoms with van der Waals surface area (Å²) in [6.07, 6.45) is 6.86. The number of rotatable bonds is 6. The van der Waals surface area contributed by atoms with Crippen molar-refractivity contribution < 1.29 is 14.3 Å². The van der Waals surface area contributed by atoms with Crippen LogP contribution in [0.3, 0.4) is 0 Å². The summed E-state index contributed by atoms with van der Waals surface area (Å²) in [4.78, 5) is 15.4. The van der Waals surface area contributed by atoms with Crippen molar-refractivity contribution in [2.24, 2.45) is 0 Å². The normalized spacial score (nSPS) is 21.7. The van der Waals surface area contributed by atoms with Gasteiger partial charge in [0.05, 0.1) is 13.2 Å². The van der Waals surface area contributed by atoms with Gasteiger partial charge in [0.25, 0.3) is 0 Å². The van der Waals surface area contributed by atoms with Gasteiger partial charge in [0.15, 0.2) is 0 Å². The van der Waals surface area contributed by atoms with Gasteiger partial charge < -0.3 is 14.4 Å². The van der Waals surface area contributed by atoms with Crippen molar-refractivity contribution in [3.05, 3.63) is 47.8 Å². The molecule has 1 amide bonds. The molecule has 2 aliphatic rings. The van der Waals surface area contributed by atoms with Crippen LogP contribution >= 0.6 is 0 Å². The highest BCUT2D eigenvalue weighted by Gasteiger charge is 2.32. The molecule has 2 atom stereocenters. The molecule has 1 aromatic heterocycles. The summed E-state index contributed by atoms with van der Waals surface area (Å²) in [5, 5.41) is 4.43. The number of carbonyl (C=O) groups is 1. The molecule has 0 aliphatic carbocycles. The van der Waals surface area contributed by atoms with E-state index in [1.807, 2.05) is 39.9 Å². The Balaban J connectivity index is 1.56. The Kier molecular flexibility index (Phi) is 5.43. The molecule has 2 aromatic rings. The van der Waals surface area contributed by atoms with Crippen molar-refractivity contribution in [3.8, 4) is 5.75 Å². The van der Waals surface area contributed by atoms with Gasteiger partial charge >= 0.3 is 0 Å². The lowest BCUT2D eigenvalue weighted by molar-refractivity contribution is -0.138. The number of methoxy groups -OCH3 is 1. The standard InChI is InChI=1S/C21H27N3O3/c1-26-18-7-2-5-16(13-18)14-23(15-19-8-4-12-27-19)21(25)20-9-3-6-17-10-11-22-24(17)20/h2,5,7,10-11,13,19-20H,3-4,6,8-9,12,14-15H2,1H3. The van der Waals surface area contributed by atoms with E-state index in [-0.39, 0.29) is 18.1 Å². The molecule has 4 rings (SSSR count). The highest BCUT2D eigenvalue weighted by Crippen LogP contribution is 2.27. The number of nitrogens with zero attached hydrogens (tertiary/aromatic N) is 3. The zero-order valence-electron chi connectivity index (χ0n) is 15.8. The fourth-order valence-electron chi connectivity index (χ4n) is 4.12. The molecule has 0 spiro atoms. The molecule has 6 nitrogen and oxygen atoms in total. The fourth-order valence-corrected chi connectivity index (χ4v) is 4.12.